The molecule has 0 aromatic carbocycles. The summed E-state index contributed by atoms with van der Waals surface area (Å²) in [5.74, 6) is 2.75. The van der Waals surface area contributed by atoms with E-state index in [9.17, 15) is 0 Å². The maximum absolute atomic E-state index is 9.07. The zero-order valence-electron chi connectivity index (χ0n) is 10.3. The van der Waals surface area contributed by atoms with E-state index in [2.05, 4.69) is 37.0 Å². The molecule has 1 aliphatic heterocycles. The Morgan fingerprint density at radius 3 is 2.88 bits per heavy atom. The van der Waals surface area contributed by atoms with Crippen LogP contribution in [0.4, 0.5) is 0 Å². The molecule has 2 nitrogen and oxygen atoms in total. The molecule has 0 spiro atoms. The van der Waals surface area contributed by atoms with Gasteiger partial charge in [0.1, 0.15) is 0 Å². The standard InChI is InChI=1S/C13H22N2S/c1-13(2)6-11(8-16-9-13)15-12-5-3-4-10(12)7-14/h10-12,15H,3-6,8-9H2,1-2H3. The van der Waals surface area contributed by atoms with E-state index in [-0.39, 0.29) is 5.92 Å². The minimum atomic E-state index is 0.259. The van der Waals surface area contributed by atoms with Gasteiger partial charge in [-0.15, -0.1) is 0 Å². The Morgan fingerprint density at radius 1 is 1.38 bits per heavy atom. The first-order chi connectivity index (χ1) is 7.61. The van der Waals surface area contributed by atoms with Crippen molar-refractivity contribution in [2.75, 3.05) is 11.5 Å². The van der Waals surface area contributed by atoms with Gasteiger partial charge in [-0.3, -0.25) is 0 Å². The lowest BCUT2D eigenvalue weighted by atomic mass is 9.87. The summed E-state index contributed by atoms with van der Waals surface area (Å²) in [5, 5.41) is 12.8. The second-order valence-electron chi connectivity index (χ2n) is 6.02. The zero-order chi connectivity index (χ0) is 11.6. The summed E-state index contributed by atoms with van der Waals surface area (Å²) in [5.41, 5.74) is 0.460. The van der Waals surface area contributed by atoms with Gasteiger partial charge in [0.15, 0.2) is 0 Å². The van der Waals surface area contributed by atoms with E-state index in [0.717, 1.165) is 6.42 Å². The summed E-state index contributed by atoms with van der Waals surface area (Å²) in [6.07, 6.45) is 4.77. The van der Waals surface area contributed by atoms with Crippen LogP contribution in [0.1, 0.15) is 39.5 Å². The third-order valence-corrected chi connectivity index (χ3v) is 5.37. The Bertz CT molecular complexity index is 282. The number of hydrogen-bond donors (Lipinski definition) is 1. The van der Waals surface area contributed by atoms with Crippen molar-refractivity contribution in [3.63, 3.8) is 0 Å². The molecule has 90 valence electrons. The average Bonchev–Trinajstić information content (AvgIpc) is 2.63. The summed E-state index contributed by atoms with van der Waals surface area (Å²) in [6.45, 7) is 4.70. The topological polar surface area (TPSA) is 35.8 Å². The monoisotopic (exact) mass is 238 g/mol. The van der Waals surface area contributed by atoms with Gasteiger partial charge in [-0.2, -0.15) is 17.0 Å². The third-order valence-electron chi connectivity index (χ3n) is 3.74. The van der Waals surface area contributed by atoms with Gasteiger partial charge in [0.2, 0.25) is 0 Å². The molecule has 2 aliphatic rings. The quantitative estimate of drug-likeness (QED) is 0.803. The van der Waals surface area contributed by atoms with Crippen molar-refractivity contribution in [1.29, 1.82) is 5.26 Å². The Labute approximate surface area is 103 Å². The molecular formula is C13H22N2S. The van der Waals surface area contributed by atoms with Crippen LogP contribution in [0.2, 0.25) is 0 Å². The van der Waals surface area contributed by atoms with Crippen LogP contribution in [0.3, 0.4) is 0 Å². The summed E-state index contributed by atoms with van der Waals surface area (Å²) in [4.78, 5) is 0. The first kappa shape index (κ1) is 12.3. The molecule has 1 saturated heterocycles. The van der Waals surface area contributed by atoms with Crippen LogP contribution < -0.4 is 5.32 Å². The van der Waals surface area contributed by atoms with Crippen LogP contribution in [-0.4, -0.2) is 23.6 Å². The van der Waals surface area contributed by atoms with Crippen LogP contribution in [-0.2, 0) is 0 Å². The Hall–Kier alpha value is -0.200. The molecule has 1 saturated carbocycles. The molecule has 16 heavy (non-hydrogen) atoms. The lowest BCUT2D eigenvalue weighted by Gasteiger charge is -2.37. The zero-order valence-corrected chi connectivity index (χ0v) is 11.1. The van der Waals surface area contributed by atoms with Crippen molar-refractivity contribution in [3.05, 3.63) is 0 Å². The number of thioether (sulfide) groups is 1. The SMILES string of the molecule is CC1(C)CSCC(NC2CCCC2C#N)C1. The van der Waals surface area contributed by atoms with Gasteiger partial charge in [0.05, 0.1) is 12.0 Å². The van der Waals surface area contributed by atoms with Crippen molar-refractivity contribution in [1.82, 2.24) is 5.32 Å². The van der Waals surface area contributed by atoms with Crippen LogP contribution in [0.5, 0.6) is 0 Å². The first-order valence-corrected chi connectivity index (χ1v) is 7.50. The molecule has 1 N–H and O–H groups in total. The van der Waals surface area contributed by atoms with Gasteiger partial charge >= 0.3 is 0 Å². The number of nitriles is 1. The van der Waals surface area contributed by atoms with E-state index < -0.39 is 0 Å². The van der Waals surface area contributed by atoms with Gasteiger partial charge in [-0.25, -0.2) is 0 Å². The largest absolute Gasteiger partial charge is 0.309 e. The maximum atomic E-state index is 9.07. The molecular weight excluding hydrogens is 216 g/mol. The number of hydrogen-bond acceptors (Lipinski definition) is 3. The molecule has 3 atom stereocenters. The summed E-state index contributed by atoms with van der Waals surface area (Å²) < 4.78 is 0. The number of nitrogens with one attached hydrogen (secondary N) is 1. The first-order valence-electron chi connectivity index (χ1n) is 6.34. The van der Waals surface area contributed by atoms with Crippen molar-refractivity contribution >= 4 is 11.8 Å². The highest BCUT2D eigenvalue weighted by Gasteiger charge is 2.33. The summed E-state index contributed by atoms with van der Waals surface area (Å²) >= 11 is 2.06. The fraction of sp³-hybridized carbons (Fsp3) is 0.923. The van der Waals surface area contributed by atoms with Gasteiger partial charge < -0.3 is 5.32 Å². The highest BCUT2D eigenvalue weighted by molar-refractivity contribution is 7.99. The normalized spacial score (nSPS) is 38.2. The second kappa shape index (κ2) is 4.98. The molecule has 1 heterocycles. The smallest absolute Gasteiger partial charge is 0.0672 e. The number of nitrogens with zero attached hydrogens (tertiary/aromatic N) is 1. The highest BCUT2D eigenvalue weighted by Crippen LogP contribution is 2.35. The predicted molar refractivity (Wildman–Crippen MR) is 69.4 cm³/mol. The lowest BCUT2D eigenvalue weighted by Crippen LogP contribution is -2.46. The van der Waals surface area contributed by atoms with Crippen LogP contribution in [0, 0.1) is 22.7 Å². The molecule has 0 aromatic rings. The molecule has 2 rings (SSSR count). The minimum absolute atomic E-state index is 0.259. The van der Waals surface area contributed by atoms with E-state index in [1.165, 1.54) is 30.8 Å². The fourth-order valence-corrected chi connectivity index (χ4v) is 4.27. The van der Waals surface area contributed by atoms with Gasteiger partial charge in [0.25, 0.3) is 0 Å². The van der Waals surface area contributed by atoms with E-state index in [4.69, 9.17) is 5.26 Å². The maximum Gasteiger partial charge on any atom is 0.0672 e. The van der Waals surface area contributed by atoms with Crippen molar-refractivity contribution < 1.29 is 0 Å². The van der Waals surface area contributed by atoms with Crippen molar-refractivity contribution in [2.24, 2.45) is 11.3 Å². The van der Waals surface area contributed by atoms with Crippen molar-refractivity contribution in [3.8, 4) is 6.07 Å². The molecule has 2 fully saturated rings. The van der Waals surface area contributed by atoms with E-state index in [1.807, 2.05) is 0 Å². The van der Waals surface area contributed by atoms with Crippen LogP contribution in [0.15, 0.2) is 0 Å². The molecule has 0 amide bonds. The highest BCUT2D eigenvalue weighted by atomic mass is 32.2. The van der Waals surface area contributed by atoms with Crippen molar-refractivity contribution in [2.45, 2.75) is 51.6 Å². The second-order valence-corrected chi connectivity index (χ2v) is 7.05. The minimum Gasteiger partial charge on any atom is -0.309 e. The molecule has 0 bridgehead atoms. The molecule has 3 heteroatoms. The lowest BCUT2D eigenvalue weighted by molar-refractivity contribution is 0.291. The van der Waals surface area contributed by atoms with Gasteiger partial charge in [-0.05, 0) is 30.4 Å². The van der Waals surface area contributed by atoms with Gasteiger partial charge in [-0.1, -0.05) is 20.3 Å². The Kier molecular flexibility index (Phi) is 3.81. The summed E-state index contributed by atoms with van der Waals surface area (Å²) in [6, 6.07) is 3.54. The molecule has 3 unspecified atom stereocenters. The average molecular weight is 238 g/mol. The Morgan fingerprint density at radius 2 is 2.19 bits per heavy atom. The van der Waals surface area contributed by atoms with Crippen LogP contribution in [0.25, 0.3) is 0 Å². The third kappa shape index (κ3) is 2.93. The van der Waals surface area contributed by atoms with Gasteiger partial charge in [0, 0.05) is 17.8 Å². The van der Waals surface area contributed by atoms with E-state index in [1.54, 1.807) is 0 Å². The molecule has 1 aliphatic carbocycles. The molecule has 0 aromatic heterocycles. The molecule has 0 radical (unpaired) electrons. The number of rotatable bonds is 2. The van der Waals surface area contributed by atoms with E-state index in [0.29, 0.717) is 17.5 Å². The predicted octanol–water partition coefficient (Wildman–Crippen LogP) is 2.80. The van der Waals surface area contributed by atoms with Crippen LogP contribution >= 0.6 is 11.8 Å². The van der Waals surface area contributed by atoms with E-state index >= 15 is 0 Å². The summed E-state index contributed by atoms with van der Waals surface area (Å²) in [7, 11) is 0. The fourth-order valence-electron chi connectivity index (χ4n) is 2.99. The Balaban J connectivity index is 1.87.